The molecule has 27 heavy (non-hydrogen) atoms. The molecule has 2 amide bonds. The Balaban J connectivity index is 1.96. The molecule has 0 aromatic carbocycles. The van der Waals surface area contributed by atoms with Crippen LogP contribution in [0.5, 0.6) is 0 Å². The van der Waals surface area contributed by atoms with E-state index in [4.69, 9.17) is 0 Å². The molecule has 0 saturated carbocycles. The second-order valence-electron chi connectivity index (χ2n) is 7.83. The molecule has 0 aromatic heterocycles. The topological polar surface area (TPSA) is 71.5 Å². The average Bonchev–Trinajstić information content (AvgIpc) is 3.09. The van der Waals surface area contributed by atoms with Crippen LogP contribution in [0.3, 0.4) is 0 Å². The fourth-order valence-electron chi connectivity index (χ4n) is 3.41. The standard InChI is InChI=1S/C19H36N6O2/c1-6-15(2)21-19(20-14-17(26)22(3)4)25-12-10-24(11-13-25)18(27)16-8-7-9-23(16)5/h15-16H,6-14H2,1-5H3,(H,20,21). The van der Waals surface area contributed by atoms with Gasteiger partial charge in [0, 0.05) is 46.3 Å². The van der Waals surface area contributed by atoms with Gasteiger partial charge in [-0.25, -0.2) is 4.99 Å². The maximum atomic E-state index is 12.8. The van der Waals surface area contributed by atoms with Crippen molar-refractivity contribution in [1.29, 1.82) is 0 Å². The minimum atomic E-state index is -0.0171. The molecular formula is C19H36N6O2. The summed E-state index contributed by atoms with van der Waals surface area (Å²) in [5.74, 6) is 1.01. The zero-order valence-electron chi connectivity index (χ0n) is 17.6. The van der Waals surface area contributed by atoms with Gasteiger partial charge < -0.3 is 20.0 Å². The minimum absolute atomic E-state index is 0.0171. The largest absolute Gasteiger partial charge is 0.354 e. The van der Waals surface area contributed by atoms with Gasteiger partial charge in [-0.1, -0.05) is 6.92 Å². The Labute approximate surface area is 163 Å². The van der Waals surface area contributed by atoms with Crippen LogP contribution in [0, 0.1) is 0 Å². The van der Waals surface area contributed by atoms with Crippen LogP contribution in [-0.2, 0) is 9.59 Å². The van der Waals surface area contributed by atoms with E-state index in [1.165, 1.54) is 0 Å². The van der Waals surface area contributed by atoms with E-state index in [9.17, 15) is 9.59 Å². The summed E-state index contributed by atoms with van der Waals surface area (Å²) in [6, 6.07) is 0.325. The maximum absolute atomic E-state index is 12.8. The van der Waals surface area contributed by atoms with E-state index in [1.54, 1.807) is 19.0 Å². The summed E-state index contributed by atoms with van der Waals surface area (Å²) in [5.41, 5.74) is 0. The first kappa shape index (κ1) is 21.5. The average molecular weight is 381 g/mol. The fraction of sp³-hybridized carbons (Fsp3) is 0.842. The fourth-order valence-corrected chi connectivity index (χ4v) is 3.41. The van der Waals surface area contributed by atoms with E-state index in [0.717, 1.165) is 44.9 Å². The Morgan fingerprint density at radius 2 is 1.78 bits per heavy atom. The number of piperazine rings is 1. The van der Waals surface area contributed by atoms with Gasteiger partial charge in [0.15, 0.2) is 5.96 Å². The summed E-state index contributed by atoms with van der Waals surface area (Å²) in [7, 11) is 5.52. The summed E-state index contributed by atoms with van der Waals surface area (Å²) in [6.07, 6.45) is 3.04. The number of aliphatic imine (C=N–C) groups is 1. The van der Waals surface area contributed by atoms with Crippen LogP contribution in [0.1, 0.15) is 33.1 Å². The maximum Gasteiger partial charge on any atom is 0.243 e. The summed E-state index contributed by atoms with van der Waals surface area (Å²) in [6.45, 7) is 8.25. The number of carbonyl (C=O) groups is 2. The monoisotopic (exact) mass is 380 g/mol. The third-order valence-electron chi connectivity index (χ3n) is 5.55. The summed E-state index contributed by atoms with van der Waals surface area (Å²) < 4.78 is 0. The highest BCUT2D eigenvalue weighted by Crippen LogP contribution is 2.18. The normalized spacial score (nSPS) is 22.7. The summed E-state index contributed by atoms with van der Waals surface area (Å²) in [5, 5.41) is 3.43. The molecule has 8 nitrogen and oxygen atoms in total. The lowest BCUT2D eigenvalue weighted by Gasteiger charge is -2.38. The number of carbonyl (C=O) groups excluding carboxylic acids is 2. The number of likely N-dealkylation sites (tertiary alicyclic amines) is 1. The van der Waals surface area contributed by atoms with E-state index in [1.807, 2.05) is 11.9 Å². The van der Waals surface area contributed by atoms with Gasteiger partial charge in [0.25, 0.3) is 0 Å². The first-order valence-electron chi connectivity index (χ1n) is 10.1. The number of amides is 2. The smallest absolute Gasteiger partial charge is 0.243 e. The SMILES string of the molecule is CCC(C)NC(=NCC(=O)N(C)C)N1CCN(C(=O)C2CCCN2C)CC1. The highest BCUT2D eigenvalue weighted by atomic mass is 16.2. The predicted octanol–water partition coefficient (Wildman–Crippen LogP) is 0.0571. The molecule has 2 fully saturated rings. The predicted molar refractivity (Wildman–Crippen MR) is 108 cm³/mol. The van der Waals surface area contributed by atoms with Crippen molar-refractivity contribution in [1.82, 2.24) is 24.9 Å². The number of nitrogens with one attached hydrogen (secondary N) is 1. The Hall–Kier alpha value is -1.83. The van der Waals surface area contributed by atoms with Crippen molar-refractivity contribution in [3.05, 3.63) is 0 Å². The van der Waals surface area contributed by atoms with E-state index in [-0.39, 0.29) is 30.4 Å². The lowest BCUT2D eigenvalue weighted by Crippen LogP contribution is -2.57. The number of guanidine groups is 1. The molecule has 2 aliphatic heterocycles. The molecule has 0 aliphatic carbocycles. The molecule has 2 unspecified atom stereocenters. The van der Waals surface area contributed by atoms with Gasteiger partial charge in [0.2, 0.25) is 11.8 Å². The number of rotatable bonds is 5. The van der Waals surface area contributed by atoms with Gasteiger partial charge in [-0.05, 0) is 39.8 Å². The third kappa shape index (κ3) is 5.82. The van der Waals surface area contributed by atoms with Gasteiger partial charge in [-0.15, -0.1) is 0 Å². The van der Waals surface area contributed by atoms with E-state index in [0.29, 0.717) is 13.1 Å². The number of hydrogen-bond acceptors (Lipinski definition) is 4. The molecule has 0 aromatic rings. The molecule has 1 N–H and O–H groups in total. The van der Waals surface area contributed by atoms with Crippen molar-refractivity contribution >= 4 is 17.8 Å². The Bertz CT molecular complexity index is 542. The molecular weight excluding hydrogens is 344 g/mol. The van der Waals surface area contributed by atoms with Crippen LogP contribution < -0.4 is 5.32 Å². The molecule has 154 valence electrons. The van der Waals surface area contributed by atoms with Crippen LogP contribution in [0.25, 0.3) is 0 Å². The Morgan fingerprint density at radius 1 is 1.15 bits per heavy atom. The quantitative estimate of drug-likeness (QED) is 0.539. The zero-order chi connectivity index (χ0) is 20.0. The van der Waals surface area contributed by atoms with Crippen molar-refractivity contribution in [2.24, 2.45) is 4.99 Å². The van der Waals surface area contributed by atoms with Gasteiger partial charge in [0.1, 0.15) is 6.54 Å². The number of likely N-dealkylation sites (N-methyl/N-ethyl adjacent to an activating group) is 2. The number of nitrogens with zero attached hydrogens (tertiary/aromatic N) is 5. The van der Waals surface area contributed by atoms with E-state index >= 15 is 0 Å². The lowest BCUT2D eigenvalue weighted by atomic mass is 10.1. The first-order chi connectivity index (χ1) is 12.8. The molecule has 0 bridgehead atoms. The van der Waals surface area contributed by atoms with Crippen molar-refractivity contribution < 1.29 is 9.59 Å². The summed E-state index contributed by atoms with van der Waals surface area (Å²) in [4.78, 5) is 37.1. The van der Waals surface area contributed by atoms with Gasteiger partial charge in [-0.3, -0.25) is 14.5 Å². The van der Waals surface area contributed by atoms with Crippen LogP contribution in [0.4, 0.5) is 0 Å². The Kier molecular flexibility index (Phi) is 7.89. The van der Waals surface area contributed by atoms with Gasteiger partial charge in [0.05, 0.1) is 6.04 Å². The molecule has 0 spiro atoms. The van der Waals surface area contributed by atoms with Crippen LogP contribution in [-0.4, -0.2) is 110 Å². The second kappa shape index (κ2) is 9.92. The molecule has 8 heteroatoms. The highest BCUT2D eigenvalue weighted by molar-refractivity contribution is 5.86. The van der Waals surface area contributed by atoms with E-state index < -0.39 is 0 Å². The minimum Gasteiger partial charge on any atom is -0.354 e. The molecule has 2 atom stereocenters. The van der Waals surface area contributed by atoms with Gasteiger partial charge in [-0.2, -0.15) is 0 Å². The van der Waals surface area contributed by atoms with Crippen LogP contribution in [0.2, 0.25) is 0 Å². The zero-order valence-corrected chi connectivity index (χ0v) is 17.6. The third-order valence-corrected chi connectivity index (χ3v) is 5.55. The second-order valence-corrected chi connectivity index (χ2v) is 7.83. The number of hydrogen-bond donors (Lipinski definition) is 1. The molecule has 2 rings (SSSR count). The molecule has 2 saturated heterocycles. The first-order valence-corrected chi connectivity index (χ1v) is 10.1. The summed E-state index contributed by atoms with van der Waals surface area (Å²) >= 11 is 0. The highest BCUT2D eigenvalue weighted by Gasteiger charge is 2.33. The molecule has 0 radical (unpaired) electrons. The van der Waals surface area contributed by atoms with Crippen molar-refractivity contribution in [2.75, 3.05) is 60.4 Å². The van der Waals surface area contributed by atoms with Gasteiger partial charge >= 0.3 is 0 Å². The molecule has 2 heterocycles. The van der Waals surface area contributed by atoms with Crippen molar-refractivity contribution in [3.8, 4) is 0 Å². The Morgan fingerprint density at radius 3 is 2.30 bits per heavy atom. The van der Waals surface area contributed by atoms with E-state index in [2.05, 4.69) is 34.0 Å². The van der Waals surface area contributed by atoms with Crippen molar-refractivity contribution in [3.63, 3.8) is 0 Å². The van der Waals surface area contributed by atoms with Crippen molar-refractivity contribution in [2.45, 2.75) is 45.2 Å². The van der Waals surface area contributed by atoms with Crippen LogP contribution in [0.15, 0.2) is 4.99 Å². The molecule has 2 aliphatic rings. The lowest BCUT2D eigenvalue weighted by molar-refractivity contribution is -0.136. The van der Waals surface area contributed by atoms with Crippen LogP contribution >= 0.6 is 0 Å².